The van der Waals surface area contributed by atoms with Gasteiger partial charge in [0.15, 0.2) is 0 Å². The van der Waals surface area contributed by atoms with Crippen LogP contribution in [0.25, 0.3) is 10.8 Å². The lowest BCUT2D eigenvalue weighted by molar-refractivity contribution is -0.142. The average molecular weight is 1260 g/mol. The monoisotopic (exact) mass is 1250 g/mol. The second-order valence-electron chi connectivity index (χ2n) is 21.2. The number of nitrogens with two attached hydrogens (primary N) is 4. The highest BCUT2D eigenvalue weighted by atomic mass is 33.1. The fraction of sp³-hybridized carbons (Fsp3) is 0.509. The smallest absolute Gasteiger partial charge is 0.246 e. The third kappa shape index (κ3) is 20.2. The van der Waals surface area contributed by atoms with Crippen molar-refractivity contribution in [1.82, 2.24) is 46.8 Å². The van der Waals surface area contributed by atoms with Gasteiger partial charge in [0.05, 0.1) is 23.9 Å². The molecule has 2 aliphatic heterocycles. The Labute approximate surface area is 506 Å². The van der Waals surface area contributed by atoms with Crippen molar-refractivity contribution in [2.24, 2.45) is 28.9 Å². The van der Waals surface area contributed by atoms with Gasteiger partial charge in [-0.3, -0.25) is 52.7 Å². The first-order chi connectivity index (χ1) is 40.7. The number of aromatic hydroxyl groups is 1. The maximum Gasteiger partial charge on any atom is 0.246 e. The van der Waals surface area contributed by atoms with Gasteiger partial charge >= 0.3 is 0 Å². The second-order valence-corrected chi connectivity index (χ2v) is 25.5. The van der Waals surface area contributed by atoms with Crippen molar-refractivity contribution >= 4 is 113 Å². The fourth-order valence-corrected chi connectivity index (χ4v) is 13.1. The number of phenols is 1. The van der Waals surface area contributed by atoms with E-state index in [-0.39, 0.29) is 73.8 Å². The van der Waals surface area contributed by atoms with Crippen molar-refractivity contribution in [2.45, 2.75) is 131 Å². The van der Waals surface area contributed by atoms with E-state index in [1.54, 1.807) is 32.0 Å². The molecule has 0 aromatic heterocycles. The number of unbranched alkanes of at least 4 members (excludes halogenated alkanes) is 1. The number of rotatable bonds is 23. The quantitative estimate of drug-likeness (QED) is 0.0351. The first-order valence-corrected chi connectivity index (χ1v) is 31.9. The van der Waals surface area contributed by atoms with E-state index in [9.17, 15) is 66.3 Å². The number of amides is 11. The van der Waals surface area contributed by atoms with Crippen LogP contribution < -0.4 is 69.8 Å². The first kappa shape index (κ1) is 69.0. The van der Waals surface area contributed by atoms with E-state index in [1.807, 2.05) is 31.1 Å². The first-order valence-electron chi connectivity index (χ1n) is 27.9. The van der Waals surface area contributed by atoms with Crippen molar-refractivity contribution in [3.8, 4) is 5.75 Å². The van der Waals surface area contributed by atoms with Crippen LogP contribution in [0.15, 0.2) is 65.6 Å². The molecular formula is C55H78N14O14S3. The number of carbonyl (C=O) groups excluding carboxylic acids is 11. The van der Waals surface area contributed by atoms with Crippen molar-refractivity contribution in [3.63, 3.8) is 0 Å². The number of likely N-dealkylation sites (tertiary alicyclic amines) is 1. The van der Waals surface area contributed by atoms with E-state index in [0.717, 1.165) is 32.7 Å². The molecule has 470 valence electrons. The van der Waals surface area contributed by atoms with Crippen LogP contribution in [0.1, 0.15) is 77.2 Å². The molecule has 0 radical (unpaired) electrons. The molecule has 9 atom stereocenters. The van der Waals surface area contributed by atoms with Gasteiger partial charge < -0.3 is 75.1 Å². The maximum atomic E-state index is 14.8. The van der Waals surface area contributed by atoms with Gasteiger partial charge in [0, 0.05) is 68.0 Å². The minimum absolute atomic E-state index is 0.0305. The Balaban J connectivity index is 1.39. The topological polar surface area (TPSA) is 449 Å². The normalized spacial score (nSPS) is 21.9. The zero-order chi connectivity index (χ0) is 63.4. The summed E-state index contributed by atoms with van der Waals surface area (Å²) in [4.78, 5) is 153. The number of fused-ring (bicyclic) bond motifs is 1. The lowest BCUT2D eigenvalue weighted by Gasteiger charge is -2.31. The number of phenolic OH excluding ortho intramolecular Hbond substituents is 1. The number of primary amides is 3. The summed E-state index contributed by atoms with van der Waals surface area (Å²) < 4.78 is 29.8. The Morgan fingerprint density at radius 2 is 1.41 bits per heavy atom. The van der Waals surface area contributed by atoms with Gasteiger partial charge in [0.2, 0.25) is 75.0 Å². The van der Waals surface area contributed by atoms with Crippen molar-refractivity contribution < 1.29 is 66.3 Å². The Bertz CT molecular complexity index is 3080. The van der Waals surface area contributed by atoms with Crippen LogP contribution >= 0.6 is 21.6 Å². The number of sulfonamides is 1. The highest BCUT2D eigenvalue weighted by Gasteiger charge is 2.41. The lowest BCUT2D eigenvalue weighted by Crippen LogP contribution is -2.61. The highest BCUT2D eigenvalue weighted by molar-refractivity contribution is 8.76. The molecule has 0 unspecified atom stereocenters. The molecule has 2 fully saturated rings. The average Bonchev–Trinajstić information content (AvgIpc) is 1.40. The zero-order valence-electron chi connectivity index (χ0n) is 48.3. The van der Waals surface area contributed by atoms with E-state index >= 15 is 0 Å². The zero-order valence-corrected chi connectivity index (χ0v) is 50.7. The molecule has 2 aliphatic rings. The molecule has 3 aromatic carbocycles. The number of benzene rings is 3. The Morgan fingerprint density at radius 3 is 2.07 bits per heavy atom. The van der Waals surface area contributed by atoms with Gasteiger partial charge in [0.1, 0.15) is 48.0 Å². The molecule has 0 bridgehead atoms. The van der Waals surface area contributed by atoms with E-state index in [1.165, 1.54) is 35.2 Å². The van der Waals surface area contributed by atoms with E-state index < -0.39 is 155 Å². The summed E-state index contributed by atoms with van der Waals surface area (Å²) in [5.74, 6) is -11.0. The summed E-state index contributed by atoms with van der Waals surface area (Å²) in [6.07, 6.45) is -0.887. The number of hydrogen-bond acceptors (Lipinski definition) is 18. The Hall–Kier alpha value is -7.74. The Kier molecular flexibility index (Phi) is 26.2. The van der Waals surface area contributed by atoms with Gasteiger partial charge in [-0.25, -0.2) is 13.1 Å². The summed E-state index contributed by atoms with van der Waals surface area (Å²) in [6, 6.07) is 4.56. The van der Waals surface area contributed by atoms with E-state index in [4.69, 9.17) is 22.9 Å². The summed E-state index contributed by atoms with van der Waals surface area (Å²) in [6.45, 7) is 2.71. The third-order valence-corrected chi connectivity index (χ3v) is 18.4. The van der Waals surface area contributed by atoms with Gasteiger partial charge in [0.25, 0.3) is 0 Å². The van der Waals surface area contributed by atoms with Gasteiger partial charge in [-0.05, 0) is 74.3 Å². The Morgan fingerprint density at radius 1 is 0.767 bits per heavy atom. The lowest BCUT2D eigenvalue weighted by atomic mass is 9.96. The molecule has 0 aliphatic carbocycles. The van der Waals surface area contributed by atoms with Crippen LogP contribution in [0, 0.1) is 5.92 Å². The largest absolute Gasteiger partial charge is 0.508 e. The summed E-state index contributed by atoms with van der Waals surface area (Å²) >= 11 is 0. The molecular weight excluding hydrogens is 1180 g/mol. The second kappa shape index (κ2) is 32.7. The van der Waals surface area contributed by atoms with E-state index in [2.05, 4.69) is 41.9 Å². The summed E-state index contributed by atoms with van der Waals surface area (Å²) in [5.41, 5.74) is 24.0. The number of hydrogen-bond donors (Lipinski definition) is 13. The predicted molar refractivity (Wildman–Crippen MR) is 322 cm³/mol. The standard InChI is InChI=1S/C55H78N14O14S3/c1-5-30(2)47-54(80)63-37(21-22-44(57)71)50(76)65-39(26-45(58)72)51(77)66-40(29-85-84-28-35(56)48(74)64-38(52(78)67-47)25-31-17-19-32(70)20-18-31)55(81)69-24-10-15-42(69)53(79)62-36(49(75)60-27-46(59)73)13-6-7-23-61-86(82,83)43-16-9-11-33-34(43)12-8-14-41(33)68(3)4/h8-9,11-12,14,16-20,30,35-40,42,47,61,70H,5-7,10,13,15,21-29,56H2,1-4H3,(H2,57,71)(H2,58,72)(H2,59,73)(H,60,75)(H,62,79)(H,63,80)(H,64,74)(H,65,76)(H,66,77)(H,67,78)/t30-,35-,36-,37-,38-,39-,40-,42-,47-/m0/s1. The minimum atomic E-state index is -4.03. The summed E-state index contributed by atoms with van der Waals surface area (Å²) in [5, 5.41) is 29.0. The van der Waals surface area contributed by atoms with Crippen LogP contribution in [-0.2, 0) is 69.2 Å². The predicted octanol–water partition coefficient (Wildman–Crippen LogP) is -2.29. The molecule has 0 spiro atoms. The summed E-state index contributed by atoms with van der Waals surface area (Å²) in [7, 11) is 1.64. The van der Waals surface area contributed by atoms with Crippen LogP contribution in [0.4, 0.5) is 5.69 Å². The number of nitrogens with zero attached hydrogens (tertiary/aromatic N) is 2. The van der Waals surface area contributed by atoms with Gasteiger partial charge in [-0.2, -0.15) is 0 Å². The van der Waals surface area contributed by atoms with Crippen molar-refractivity contribution in [1.29, 1.82) is 0 Å². The van der Waals surface area contributed by atoms with Gasteiger partial charge in [-0.1, -0.05) is 78.3 Å². The molecule has 11 amide bonds. The molecule has 2 heterocycles. The van der Waals surface area contributed by atoms with Crippen LogP contribution in [0.3, 0.4) is 0 Å². The molecule has 2 saturated heterocycles. The maximum absolute atomic E-state index is 14.8. The molecule has 28 nitrogen and oxygen atoms in total. The number of nitrogens with one attached hydrogen (secondary N) is 8. The van der Waals surface area contributed by atoms with Crippen molar-refractivity contribution in [2.75, 3.05) is 50.1 Å². The third-order valence-electron chi connectivity index (χ3n) is 14.4. The van der Waals surface area contributed by atoms with Crippen molar-refractivity contribution in [3.05, 3.63) is 66.2 Å². The molecule has 17 N–H and O–H groups in total. The molecule has 3 aromatic rings. The number of anilines is 1. The van der Waals surface area contributed by atoms with Crippen LogP contribution in [0.2, 0.25) is 0 Å². The minimum Gasteiger partial charge on any atom is -0.508 e. The fourth-order valence-electron chi connectivity index (χ4n) is 9.56. The highest BCUT2D eigenvalue weighted by Crippen LogP contribution is 2.31. The van der Waals surface area contributed by atoms with Crippen LogP contribution in [-0.4, -0.2) is 177 Å². The van der Waals surface area contributed by atoms with Gasteiger partial charge in [-0.15, -0.1) is 0 Å². The number of carbonyl (C=O) groups is 11. The molecule has 5 rings (SSSR count). The SMILES string of the molecule is CC[C@H](C)[C@@H]1NC(=O)[C@H](Cc2ccc(O)cc2)NC(=O)[C@@H](N)CSSC[C@@H](C(=O)N2CCC[C@H]2C(=O)N[C@@H](CCCCNS(=O)(=O)c2cccc3c(N(C)C)cccc23)C(=O)NCC(N)=O)NC(=O)[C@H](CC(N)=O)NC(=O)[C@H](CCC(N)=O)NC1=O. The molecule has 0 saturated carbocycles. The van der Waals surface area contributed by atoms with Crippen LogP contribution in [0.5, 0.6) is 5.75 Å². The molecule has 86 heavy (non-hydrogen) atoms. The van der Waals surface area contributed by atoms with E-state index in [0.29, 0.717) is 17.4 Å². The molecule has 31 heteroatoms.